The number of carbonyl (C=O) groups excluding carboxylic acids is 1. The maximum Gasteiger partial charge on any atom is 0.323 e. The van der Waals surface area contributed by atoms with Gasteiger partial charge in [0.2, 0.25) is 0 Å². The van der Waals surface area contributed by atoms with E-state index in [2.05, 4.69) is 21.2 Å². The minimum absolute atomic E-state index is 0.194. The van der Waals surface area contributed by atoms with Crippen molar-refractivity contribution < 1.29 is 4.79 Å². The molecule has 1 fully saturated rings. The van der Waals surface area contributed by atoms with Gasteiger partial charge in [-0.25, -0.2) is 4.79 Å². The van der Waals surface area contributed by atoms with E-state index >= 15 is 0 Å². The minimum Gasteiger partial charge on any atom is -0.310 e. The molecule has 2 amide bonds. The van der Waals surface area contributed by atoms with Crippen molar-refractivity contribution in [3.63, 3.8) is 0 Å². The molecule has 5 heteroatoms. The summed E-state index contributed by atoms with van der Waals surface area (Å²) in [4.78, 5) is 13.2. The van der Waals surface area contributed by atoms with Crippen molar-refractivity contribution in [3.8, 4) is 0 Å². The van der Waals surface area contributed by atoms with Crippen LogP contribution in [-0.2, 0) is 0 Å². The Morgan fingerprint density at radius 3 is 2.62 bits per heavy atom. The summed E-state index contributed by atoms with van der Waals surface area (Å²) >= 11 is 3.36. The van der Waals surface area contributed by atoms with Gasteiger partial charge in [-0.2, -0.15) is 0 Å². The SMILES string of the molecule is CCN1C(=O)NC(=N)C1c1ccc(Br)cc1. The zero-order valence-corrected chi connectivity index (χ0v) is 10.4. The Kier molecular flexibility index (Phi) is 2.96. The quantitative estimate of drug-likeness (QED) is 0.860. The van der Waals surface area contributed by atoms with E-state index in [1.165, 1.54) is 0 Å². The lowest BCUT2D eigenvalue weighted by molar-refractivity contribution is 0.209. The summed E-state index contributed by atoms with van der Waals surface area (Å²) in [6.45, 7) is 2.50. The van der Waals surface area contributed by atoms with Crippen molar-refractivity contribution >= 4 is 27.8 Å². The van der Waals surface area contributed by atoms with E-state index in [1.807, 2.05) is 31.2 Å². The van der Waals surface area contributed by atoms with Crippen LogP contribution in [0, 0.1) is 5.41 Å². The van der Waals surface area contributed by atoms with Crippen molar-refractivity contribution in [1.82, 2.24) is 10.2 Å². The second-order valence-electron chi connectivity index (χ2n) is 3.58. The van der Waals surface area contributed by atoms with Crippen molar-refractivity contribution in [2.45, 2.75) is 13.0 Å². The second kappa shape index (κ2) is 4.25. The molecule has 0 saturated carbocycles. The molecule has 1 aliphatic rings. The summed E-state index contributed by atoms with van der Waals surface area (Å²) in [5.74, 6) is 0.245. The highest BCUT2D eigenvalue weighted by molar-refractivity contribution is 9.10. The van der Waals surface area contributed by atoms with Crippen molar-refractivity contribution in [3.05, 3.63) is 34.3 Å². The molecule has 0 spiro atoms. The summed E-state index contributed by atoms with van der Waals surface area (Å²) in [7, 11) is 0. The zero-order chi connectivity index (χ0) is 11.7. The number of halogens is 1. The maximum atomic E-state index is 11.5. The van der Waals surface area contributed by atoms with Crippen LogP contribution in [0.2, 0.25) is 0 Å². The number of amidine groups is 1. The first-order valence-corrected chi connectivity index (χ1v) is 5.84. The van der Waals surface area contributed by atoms with Crippen molar-refractivity contribution in [2.24, 2.45) is 0 Å². The normalized spacial score (nSPS) is 20.1. The fraction of sp³-hybridized carbons (Fsp3) is 0.273. The van der Waals surface area contributed by atoms with E-state index in [4.69, 9.17) is 5.41 Å². The van der Waals surface area contributed by atoms with Crippen LogP contribution in [0.15, 0.2) is 28.7 Å². The van der Waals surface area contributed by atoms with Crippen molar-refractivity contribution in [2.75, 3.05) is 6.54 Å². The smallest absolute Gasteiger partial charge is 0.310 e. The highest BCUT2D eigenvalue weighted by Crippen LogP contribution is 2.26. The highest BCUT2D eigenvalue weighted by atomic mass is 79.9. The molecule has 1 aromatic rings. The number of benzene rings is 1. The van der Waals surface area contributed by atoms with E-state index < -0.39 is 0 Å². The molecule has 1 unspecified atom stereocenters. The number of rotatable bonds is 2. The van der Waals surface area contributed by atoms with Crippen LogP contribution in [-0.4, -0.2) is 23.3 Å². The topological polar surface area (TPSA) is 56.2 Å². The molecule has 2 rings (SSSR count). The molecule has 0 radical (unpaired) electrons. The van der Waals surface area contributed by atoms with Gasteiger partial charge in [0.15, 0.2) is 0 Å². The summed E-state index contributed by atoms with van der Waals surface area (Å²) in [6.07, 6.45) is 0. The van der Waals surface area contributed by atoms with E-state index in [0.717, 1.165) is 10.0 Å². The molecule has 0 aromatic heterocycles. The number of carbonyl (C=O) groups is 1. The molecule has 1 saturated heterocycles. The molecule has 0 aliphatic carbocycles. The van der Waals surface area contributed by atoms with Gasteiger partial charge in [-0.1, -0.05) is 28.1 Å². The molecule has 1 aliphatic heterocycles. The van der Waals surface area contributed by atoms with Gasteiger partial charge in [0.25, 0.3) is 0 Å². The molecular weight excluding hydrogens is 270 g/mol. The standard InChI is InChI=1S/C11H12BrN3O/c1-2-15-9(10(13)14-11(15)16)7-3-5-8(12)6-4-7/h3-6,9H,2H2,1H3,(H2,13,14,16). The van der Waals surface area contributed by atoms with Crippen LogP contribution >= 0.6 is 15.9 Å². The Labute approximate surface area is 102 Å². The lowest BCUT2D eigenvalue weighted by Gasteiger charge is -2.21. The third-order valence-electron chi connectivity index (χ3n) is 2.61. The average Bonchev–Trinajstić information content (AvgIpc) is 2.54. The van der Waals surface area contributed by atoms with Gasteiger partial charge >= 0.3 is 6.03 Å². The van der Waals surface area contributed by atoms with Crippen LogP contribution in [0.5, 0.6) is 0 Å². The Bertz CT molecular complexity index is 429. The predicted octanol–water partition coefficient (Wildman–Crippen LogP) is 2.51. The fourth-order valence-electron chi connectivity index (χ4n) is 1.85. The van der Waals surface area contributed by atoms with E-state index in [0.29, 0.717) is 6.54 Å². The molecular formula is C11H12BrN3O. The Hall–Kier alpha value is -1.36. The van der Waals surface area contributed by atoms with Crippen LogP contribution in [0.25, 0.3) is 0 Å². The zero-order valence-electron chi connectivity index (χ0n) is 8.83. The Morgan fingerprint density at radius 1 is 1.44 bits per heavy atom. The van der Waals surface area contributed by atoms with Gasteiger partial charge in [-0.3, -0.25) is 10.7 Å². The molecule has 16 heavy (non-hydrogen) atoms. The monoisotopic (exact) mass is 281 g/mol. The predicted molar refractivity (Wildman–Crippen MR) is 65.5 cm³/mol. The van der Waals surface area contributed by atoms with Gasteiger partial charge in [0, 0.05) is 11.0 Å². The third-order valence-corrected chi connectivity index (χ3v) is 3.14. The number of hydrogen-bond donors (Lipinski definition) is 2. The van der Waals surface area contributed by atoms with Crippen molar-refractivity contribution in [1.29, 1.82) is 5.41 Å². The number of nitrogens with one attached hydrogen (secondary N) is 2. The van der Waals surface area contributed by atoms with Crippen LogP contribution < -0.4 is 5.32 Å². The van der Waals surface area contributed by atoms with Gasteiger partial charge in [0.05, 0.1) is 0 Å². The van der Waals surface area contributed by atoms with E-state index in [-0.39, 0.29) is 17.9 Å². The molecule has 84 valence electrons. The lowest BCUT2D eigenvalue weighted by Crippen LogP contribution is -2.29. The fourth-order valence-corrected chi connectivity index (χ4v) is 2.11. The molecule has 1 heterocycles. The summed E-state index contributed by atoms with van der Waals surface area (Å²) in [6, 6.07) is 7.21. The molecule has 1 aromatic carbocycles. The minimum atomic E-state index is -0.273. The lowest BCUT2D eigenvalue weighted by atomic mass is 10.1. The first kappa shape index (κ1) is 11.1. The van der Waals surface area contributed by atoms with Crippen LogP contribution in [0.1, 0.15) is 18.5 Å². The number of likely N-dealkylation sites (N-methyl/N-ethyl adjacent to an activating group) is 1. The average molecular weight is 282 g/mol. The number of amides is 2. The van der Waals surface area contributed by atoms with Crippen LogP contribution in [0.4, 0.5) is 4.79 Å². The molecule has 1 atom stereocenters. The first-order valence-electron chi connectivity index (χ1n) is 5.05. The number of nitrogens with zero attached hydrogens (tertiary/aromatic N) is 1. The van der Waals surface area contributed by atoms with Gasteiger partial charge in [-0.15, -0.1) is 0 Å². The molecule has 2 N–H and O–H groups in total. The molecule has 4 nitrogen and oxygen atoms in total. The summed E-state index contributed by atoms with van der Waals surface area (Å²) < 4.78 is 0.989. The van der Waals surface area contributed by atoms with Gasteiger partial charge in [0.1, 0.15) is 11.9 Å². The number of hydrogen-bond acceptors (Lipinski definition) is 2. The maximum absolute atomic E-state index is 11.5. The Balaban J connectivity index is 2.35. The summed E-state index contributed by atoms with van der Waals surface area (Å²) in [5.41, 5.74) is 0.952. The summed E-state index contributed by atoms with van der Waals surface area (Å²) in [5, 5.41) is 10.3. The molecule has 0 bridgehead atoms. The first-order chi connectivity index (χ1) is 7.63. The van der Waals surface area contributed by atoms with E-state index in [9.17, 15) is 4.79 Å². The van der Waals surface area contributed by atoms with Gasteiger partial charge < -0.3 is 4.90 Å². The Morgan fingerprint density at radius 2 is 2.06 bits per heavy atom. The third kappa shape index (κ3) is 1.82. The van der Waals surface area contributed by atoms with Gasteiger partial charge in [-0.05, 0) is 24.6 Å². The van der Waals surface area contributed by atoms with Crippen LogP contribution in [0.3, 0.4) is 0 Å². The second-order valence-corrected chi connectivity index (χ2v) is 4.50. The largest absolute Gasteiger partial charge is 0.323 e. The van der Waals surface area contributed by atoms with E-state index in [1.54, 1.807) is 4.90 Å². The number of urea groups is 1. The highest BCUT2D eigenvalue weighted by Gasteiger charge is 2.35.